The maximum absolute atomic E-state index is 2.65. The highest BCUT2D eigenvalue weighted by Gasteiger charge is 2.46. The number of fused-ring (bicyclic) bond motifs is 20. The fourth-order valence-corrected chi connectivity index (χ4v) is 13.5. The van der Waals surface area contributed by atoms with Crippen LogP contribution in [-0.4, -0.2) is 22.6 Å². The van der Waals surface area contributed by atoms with Gasteiger partial charge < -0.3 is 18.9 Å². The van der Waals surface area contributed by atoms with Crippen LogP contribution in [-0.2, 0) is 0 Å². The van der Waals surface area contributed by atoms with E-state index < -0.39 is 0 Å². The Kier molecular flexibility index (Phi) is 6.57. The van der Waals surface area contributed by atoms with E-state index in [9.17, 15) is 0 Å². The van der Waals surface area contributed by atoms with Gasteiger partial charge >= 0.3 is 0 Å². The molecular weight excluding hydrogens is 822 g/mol. The Labute approximate surface area is 392 Å². The van der Waals surface area contributed by atoms with E-state index >= 15 is 0 Å². The summed E-state index contributed by atoms with van der Waals surface area (Å²) in [4.78, 5) is 5.02. The lowest BCUT2D eigenvalue weighted by Gasteiger charge is -2.42. The van der Waals surface area contributed by atoms with Crippen LogP contribution in [0.1, 0.15) is 0 Å². The van der Waals surface area contributed by atoms with Crippen LogP contribution in [0.4, 0.5) is 34.1 Å². The largest absolute Gasteiger partial charge is 0.311 e. The molecule has 6 heteroatoms. The summed E-state index contributed by atoms with van der Waals surface area (Å²) in [7, 11) is 0. The van der Waals surface area contributed by atoms with Gasteiger partial charge in [0.1, 0.15) is 0 Å². The summed E-state index contributed by atoms with van der Waals surface area (Å²) >= 11 is 0. The first kappa shape index (κ1) is 35.5. The zero-order valence-electron chi connectivity index (χ0n) is 36.7. The Morgan fingerprint density at radius 2 is 0.706 bits per heavy atom. The molecule has 0 N–H and O–H groups in total. The van der Waals surface area contributed by atoms with Gasteiger partial charge in [-0.05, 0) is 121 Å². The van der Waals surface area contributed by atoms with Crippen molar-refractivity contribution in [3.8, 4) is 11.4 Å². The van der Waals surface area contributed by atoms with E-state index in [1.807, 2.05) is 0 Å². The van der Waals surface area contributed by atoms with Gasteiger partial charge in [-0.25, -0.2) is 0 Å². The van der Waals surface area contributed by atoms with Crippen LogP contribution in [0.25, 0.3) is 76.5 Å². The fraction of sp³-hybridized carbons (Fsp3) is 0. The van der Waals surface area contributed by atoms with Crippen molar-refractivity contribution in [1.82, 2.24) is 9.13 Å². The highest BCUT2D eigenvalue weighted by Crippen LogP contribution is 2.47. The molecule has 13 aromatic rings. The van der Waals surface area contributed by atoms with E-state index in [0.717, 1.165) is 0 Å². The van der Waals surface area contributed by atoms with Crippen molar-refractivity contribution in [2.24, 2.45) is 0 Å². The number of para-hydroxylation sites is 4. The lowest BCUT2D eigenvalue weighted by Crippen LogP contribution is -2.64. The van der Waals surface area contributed by atoms with Gasteiger partial charge in [-0.1, -0.05) is 152 Å². The maximum atomic E-state index is 2.65. The molecule has 4 aliphatic rings. The number of anilines is 6. The normalized spacial score (nSPS) is 13.8. The Morgan fingerprint density at radius 1 is 0.279 bits per heavy atom. The van der Waals surface area contributed by atoms with Crippen LogP contribution < -0.4 is 42.6 Å². The molecule has 0 spiro atoms. The van der Waals surface area contributed by atoms with E-state index in [1.165, 1.54) is 143 Å². The van der Waals surface area contributed by atoms with Gasteiger partial charge in [0.05, 0.1) is 22.1 Å². The van der Waals surface area contributed by atoms with Gasteiger partial charge in [-0.2, -0.15) is 0 Å². The summed E-state index contributed by atoms with van der Waals surface area (Å²) in [5.74, 6) is 0. The summed E-state index contributed by atoms with van der Waals surface area (Å²) in [5, 5.41) is 10.3. The molecule has 0 saturated carbocycles. The molecule has 4 nitrogen and oxygen atoms in total. The molecule has 0 atom stereocenters. The van der Waals surface area contributed by atoms with Crippen molar-refractivity contribution in [2.45, 2.75) is 0 Å². The second-order valence-electron chi connectivity index (χ2n) is 19.1. The van der Waals surface area contributed by atoms with Gasteiger partial charge in [-0.3, -0.25) is 0 Å². The predicted molar refractivity (Wildman–Crippen MR) is 289 cm³/mol. The summed E-state index contributed by atoms with van der Waals surface area (Å²) in [6.45, 7) is -0.00944. The third-order valence-electron chi connectivity index (χ3n) is 16.0. The van der Waals surface area contributed by atoms with Crippen molar-refractivity contribution in [2.75, 3.05) is 9.80 Å². The predicted octanol–water partition coefficient (Wildman–Crippen LogP) is 11.4. The minimum atomic E-state index is -0.00472. The molecule has 0 radical (unpaired) electrons. The molecule has 6 heterocycles. The zero-order valence-corrected chi connectivity index (χ0v) is 36.7. The van der Waals surface area contributed by atoms with Gasteiger partial charge in [0.25, 0.3) is 13.4 Å². The number of nitrogens with zero attached hydrogens (tertiary/aromatic N) is 4. The second kappa shape index (κ2) is 12.6. The van der Waals surface area contributed by atoms with Crippen LogP contribution in [0.3, 0.4) is 0 Å². The lowest BCUT2D eigenvalue weighted by molar-refractivity contribution is 1.14. The van der Waals surface area contributed by atoms with Gasteiger partial charge in [0.15, 0.2) is 0 Å². The number of benzene rings is 11. The molecule has 0 amide bonds. The van der Waals surface area contributed by atoms with Crippen LogP contribution in [0, 0.1) is 0 Å². The Balaban J connectivity index is 1.07. The van der Waals surface area contributed by atoms with Gasteiger partial charge in [0, 0.05) is 67.0 Å². The number of hydrogen-bond donors (Lipinski definition) is 0. The SMILES string of the molecule is c1ccc(N2c3ccccc3B3c4cc5c(cc4-n4c6ccc7ccccc7c6c6ccc2c3c64)-n2c3ccc4ccccc4c3c3ccc4c(c32)B5c2ccccc2N4c2ccccc2)cc1. The fourth-order valence-electron chi connectivity index (χ4n) is 13.5. The first-order valence-corrected chi connectivity index (χ1v) is 23.8. The van der Waals surface area contributed by atoms with E-state index in [4.69, 9.17) is 0 Å². The highest BCUT2D eigenvalue weighted by molar-refractivity contribution is 7.03. The summed E-state index contributed by atoms with van der Waals surface area (Å²) in [6.07, 6.45) is 0. The monoisotopic (exact) mass is 858 g/mol. The highest BCUT2D eigenvalue weighted by atomic mass is 15.2. The molecule has 310 valence electrons. The molecule has 68 heavy (non-hydrogen) atoms. The second-order valence-corrected chi connectivity index (χ2v) is 19.1. The molecule has 0 aliphatic carbocycles. The maximum Gasteiger partial charge on any atom is 0.252 e. The van der Waals surface area contributed by atoms with Crippen molar-refractivity contribution in [3.05, 3.63) is 218 Å². The van der Waals surface area contributed by atoms with Crippen LogP contribution in [0.2, 0.25) is 0 Å². The van der Waals surface area contributed by atoms with Gasteiger partial charge in [-0.15, -0.1) is 0 Å². The van der Waals surface area contributed by atoms with Crippen LogP contribution in [0.15, 0.2) is 218 Å². The molecule has 0 fully saturated rings. The molecule has 11 aromatic carbocycles. The molecule has 0 saturated heterocycles. The molecule has 4 aliphatic heterocycles. The first-order chi connectivity index (χ1) is 33.8. The third kappa shape index (κ3) is 4.22. The van der Waals surface area contributed by atoms with Crippen molar-refractivity contribution >= 4 is 145 Å². The van der Waals surface area contributed by atoms with E-state index in [0.29, 0.717) is 0 Å². The average Bonchev–Trinajstić information content (AvgIpc) is 3.94. The standard InChI is InChI=1S/C62H36B2N4/c1-3-17-39(18-4-1)65-49-25-13-11-23-45(49)63-47-35-48-56(36-55(47)67-51-31-27-37-15-7-9-21-41(37)57(51)43-29-33-53(65)59(63)61(43)67)68-52-32-28-38-16-8-10-22-42(38)58(52)44-30-34-54-60(62(44)68)64(48)46-24-12-14-26-50(46)66(54)40-19-5-2-6-20-40/h1-36H. The minimum absolute atomic E-state index is 0.00472. The van der Waals surface area contributed by atoms with Crippen molar-refractivity contribution < 1.29 is 0 Å². The third-order valence-corrected chi connectivity index (χ3v) is 16.0. The van der Waals surface area contributed by atoms with Gasteiger partial charge in [0.2, 0.25) is 0 Å². The first-order valence-electron chi connectivity index (χ1n) is 23.8. The van der Waals surface area contributed by atoms with Crippen LogP contribution >= 0.6 is 0 Å². The van der Waals surface area contributed by atoms with E-state index in [1.54, 1.807) is 0 Å². The smallest absolute Gasteiger partial charge is 0.252 e. The van der Waals surface area contributed by atoms with Crippen molar-refractivity contribution in [1.29, 1.82) is 0 Å². The van der Waals surface area contributed by atoms with E-state index in [-0.39, 0.29) is 13.4 Å². The Hall–Kier alpha value is -8.73. The molecule has 17 rings (SSSR count). The quantitative estimate of drug-likeness (QED) is 0.161. The molecular formula is C62H36B2N4. The van der Waals surface area contributed by atoms with Crippen LogP contribution in [0.5, 0.6) is 0 Å². The minimum Gasteiger partial charge on any atom is -0.311 e. The lowest BCUT2D eigenvalue weighted by atomic mass is 9.30. The molecule has 2 aromatic heterocycles. The van der Waals surface area contributed by atoms with Crippen molar-refractivity contribution in [3.63, 3.8) is 0 Å². The Morgan fingerprint density at radius 3 is 1.19 bits per heavy atom. The summed E-state index contributed by atoms with van der Waals surface area (Å²) in [6, 6.07) is 82.4. The average molecular weight is 859 g/mol. The molecule has 0 unspecified atom stereocenters. The topological polar surface area (TPSA) is 16.3 Å². The molecule has 0 bridgehead atoms. The summed E-state index contributed by atoms with van der Waals surface area (Å²) < 4.78 is 5.30. The zero-order chi connectivity index (χ0) is 43.9. The van der Waals surface area contributed by atoms with E-state index in [2.05, 4.69) is 237 Å². The number of hydrogen-bond acceptors (Lipinski definition) is 2. The number of rotatable bonds is 2. The summed E-state index contributed by atoms with van der Waals surface area (Å²) in [5.41, 5.74) is 22.9. The number of aromatic nitrogens is 2. The Bertz CT molecular complexity index is 4140.